The number of hydrogen-bond acceptors (Lipinski definition) is 2. The highest BCUT2D eigenvalue weighted by Gasteiger charge is 2.55. The number of fused-ring (bicyclic) bond motifs is 3. The summed E-state index contributed by atoms with van der Waals surface area (Å²) in [4.78, 5) is 0. The first-order valence-corrected chi connectivity index (χ1v) is 12.0. The van der Waals surface area contributed by atoms with E-state index in [-0.39, 0.29) is 0 Å². The number of rotatable bonds is 2. The number of aromatic nitrogens is 1. The molecule has 1 aromatic heterocycles. The molecule has 0 bridgehead atoms. The van der Waals surface area contributed by atoms with Gasteiger partial charge in [0.05, 0.1) is 0 Å². The van der Waals surface area contributed by atoms with Crippen LogP contribution < -0.4 is 4.74 Å². The van der Waals surface area contributed by atoms with Crippen LogP contribution >= 0.6 is 0 Å². The molecule has 180 valence electrons. The van der Waals surface area contributed by atoms with Gasteiger partial charge < -0.3 is 27.4 Å². The molecule has 3 aliphatic rings. The van der Waals surface area contributed by atoms with Crippen LogP contribution in [-0.2, 0) is 6.42 Å². The van der Waals surface area contributed by atoms with Crippen molar-refractivity contribution in [1.29, 1.82) is 0 Å². The molecule has 0 radical (unpaired) electrons. The van der Waals surface area contributed by atoms with Crippen LogP contribution in [0.2, 0.25) is 0 Å². The molecule has 2 aromatic rings. The van der Waals surface area contributed by atoms with Gasteiger partial charge in [-0.05, 0) is 95.3 Å². The Morgan fingerprint density at radius 3 is 2.44 bits per heavy atom. The van der Waals surface area contributed by atoms with Gasteiger partial charge in [0.15, 0.2) is 5.70 Å². The third kappa shape index (κ3) is 2.91. The zero-order valence-electron chi connectivity index (χ0n) is 21.4. The van der Waals surface area contributed by atoms with E-state index in [0.29, 0.717) is 35.0 Å². The Balaban J connectivity index is 1.68. The Bertz CT molecular complexity index is 1380. The molecule has 7 heteroatoms. The second kappa shape index (κ2) is 7.09. The van der Waals surface area contributed by atoms with Crippen molar-refractivity contribution in [3.8, 4) is 11.5 Å². The number of phenolic OH excluding ortho intramolecular Hbond substituents is 1. The van der Waals surface area contributed by atoms with Gasteiger partial charge in [0.1, 0.15) is 22.8 Å². The van der Waals surface area contributed by atoms with Crippen molar-refractivity contribution >= 4 is 18.3 Å². The predicted octanol–water partition coefficient (Wildman–Crippen LogP) is 6.29. The molecule has 0 saturated carbocycles. The number of ether oxygens (including phenoxy) is 1. The number of aryl methyl sites for hydroxylation is 2. The largest absolute Gasteiger partial charge is 0.737 e. The van der Waals surface area contributed by atoms with Gasteiger partial charge in [-0.1, -0.05) is 0 Å². The SMILES string of the molecule is CC1=CC(C)=[N+]2C1=C(CC1(C)CCc3c(C)c(O)c(C)c(C)c3O1)c1c(C)cc(C)n1[B-]2(F)F. The molecule has 34 heavy (non-hydrogen) atoms. The minimum Gasteiger partial charge on any atom is -0.507 e. The first kappa shape index (κ1) is 22.9. The van der Waals surface area contributed by atoms with Gasteiger partial charge in [0.25, 0.3) is 0 Å². The van der Waals surface area contributed by atoms with Gasteiger partial charge in [-0.15, -0.1) is 0 Å². The zero-order valence-corrected chi connectivity index (χ0v) is 21.4. The number of benzene rings is 1. The summed E-state index contributed by atoms with van der Waals surface area (Å²) in [5.74, 6) is 1.17. The fourth-order valence-corrected chi connectivity index (χ4v) is 6.39. The lowest BCUT2D eigenvalue weighted by Crippen LogP contribution is -2.52. The number of halogens is 2. The summed E-state index contributed by atoms with van der Waals surface area (Å²) >= 11 is 0. The van der Waals surface area contributed by atoms with Crippen molar-refractivity contribution in [3.05, 3.63) is 62.6 Å². The van der Waals surface area contributed by atoms with Crippen LogP contribution in [0, 0.1) is 34.6 Å². The summed E-state index contributed by atoms with van der Waals surface area (Å²) in [6, 6.07) is 1.86. The van der Waals surface area contributed by atoms with Crippen molar-refractivity contribution in [1.82, 2.24) is 4.48 Å². The minimum atomic E-state index is -3.97. The van der Waals surface area contributed by atoms with Gasteiger partial charge in [0, 0.05) is 41.8 Å². The van der Waals surface area contributed by atoms with Crippen LogP contribution in [0.5, 0.6) is 11.5 Å². The lowest BCUT2D eigenvalue weighted by atomic mass is 9.79. The second-order valence-electron chi connectivity index (χ2n) is 10.7. The molecule has 1 N–H and O–H groups in total. The fraction of sp³-hybridized carbons (Fsp3) is 0.444. The van der Waals surface area contributed by atoms with Crippen LogP contribution in [-0.4, -0.2) is 32.4 Å². The van der Waals surface area contributed by atoms with Gasteiger partial charge in [0.2, 0.25) is 0 Å². The van der Waals surface area contributed by atoms with Crippen LogP contribution in [0.1, 0.15) is 72.8 Å². The summed E-state index contributed by atoms with van der Waals surface area (Å²) in [5, 5.41) is 10.5. The Labute approximate surface area is 200 Å². The van der Waals surface area contributed by atoms with Crippen molar-refractivity contribution in [2.24, 2.45) is 0 Å². The number of hydrogen-bond donors (Lipinski definition) is 1. The smallest absolute Gasteiger partial charge is 0.507 e. The molecule has 1 unspecified atom stereocenters. The molecule has 5 rings (SSSR count). The van der Waals surface area contributed by atoms with Gasteiger partial charge in [-0.2, -0.15) is 0 Å². The van der Waals surface area contributed by atoms with E-state index in [1.54, 1.807) is 13.8 Å². The van der Waals surface area contributed by atoms with Gasteiger partial charge >= 0.3 is 6.97 Å². The molecular formula is C27H33BF2N2O2. The lowest BCUT2D eigenvalue weighted by Gasteiger charge is -2.41. The topological polar surface area (TPSA) is 37.4 Å². The summed E-state index contributed by atoms with van der Waals surface area (Å²) in [6.07, 6.45) is 3.90. The number of allylic oxidation sites excluding steroid dienone is 2. The normalized spacial score (nSPS) is 22.9. The average Bonchev–Trinajstić information content (AvgIpc) is 3.23. The predicted molar refractivity (Wildman–Crippen MR) is 133 cm³/mol. The molecule has 0 fully saturated rings. The van der Waals surface area contributed by atoms with Gasteiger partial charge in [-0.3, -0.25) is 0 Å². The van der Waals surface area contributed by atoms with E-state index >= 15 is 8.63 Å². The van der Waals surface area contributed by atoms with Crippen molar-refractivity contribution in [2.45, 2.75) is 80.3 Å². The minimum absolute atomic E-state index is 0.336. The molecule has 0 amide bonds. The molecule has 1 aromatic carbocycles. The third-order valence-corrected chi connectivity index (χ3v) is 8.18. The van der Waals surface area contributed by atoms with E-state index in [9.17, 15) is 5.11 Å². The molecule has 0 spiro atoms. The van der Waals surface area contributed by atoms with Crippen molar-refractivity contribution in [3.63, 3.8) is 0 Å². The quantitative estimate of drug-likeness (QED) is 0.529. The van der Waals surface area contributed by atoms with Crippen LogP contribution in [0.4, 0.5) is 8.63 Å². The highest BCUT2D eigenvalue weighted by molar-refractivity contribution is 6.58. The van der Waals surface area contributed by atoms with Crippen LogP contribution in [0.3, 0.4) is 0 Å². The molecule has 4 nitrogen and oxygen atoms in total. The zero-order chi connectivity index (χ0) is 24.9. The Kier molecular flexibility index (Phi) is 4.79. The number of nitrogens with zero attached hydrogens (tertiary/aromatic N) is 2. The van der Waals surface area contributed by atoms with E-state index in [2.05, 4.69) is 6.92 Å². The molecule has 0 aliphatic carbocycles. The van der Waals surface area contributed by atoms with E-state index in [1.165, 1.54) is 8.96 Å². The van der Waals surface area contributed by atoms with Crippen LogP contribution in [0.25, 0.3) is 5.57 Å². The fourth-order valence-electron chi connectivity index (χ4n) is 6.39. The van der Waals surface area contributed by atoms with E-state index < -0.39 is 12.6 Å². The lowest BCUT2D eigenvalue weighted by molar-refractivity contribution is -0.364. The second-order valence-corrected chi connectivity index (χ2v) is 10.7. The highest BCUT2D eigenvalue weighted by atomic mass is 19.2. The molecule has 0 saturated heterocycles. The Hall–Kier alpha value is -2.83. The van der Waals surface area contributed by atoms with Gasteiger partial charge in [-0.25, -0.2) is 0 Å². The maximum atomic E-state index is 15.9. The summed E-state index contributed by atoms with van der Waals surface area (Å²) in [7, 11) is 0. The van der Waals surface area contributed by atoms with E-state index in [0.717, 1.165) is 57.6 Å². The number of phenols is 1. The van der Waals surface area contributed by atoms with E-state index in [4.69, 9.17) is 4.74 Å². The average molecular weight is 466 g/mol. The maximum Gasteiger partial charge on any atom is 0.737 e. The molecule has 3 aliphatic heterocycles. The molecular weight excluding hydrogens is 433 g/mol. The first-order valence-electron chi connectivity index (χ1n) is 12.0. The maximum absolute atomic E-state index is 15.9. The third-order valence-electron chi connectivity index (χ3n) is 8.18. The Morgan fingerprint density at radius 2 is 1.76 bits per heavy atom. The standard InChI is InChI=1S/C27H33BF2N2O2/c1-14-11-16(3)31-23(14)22(24-15(2)12-17(4)32(24)28(31,29)30)13-27(8)10-9-21-20(7)25(33)18(5)19(6)26(21)34-27/h11-12,33H,9-10,13H2,1-8H3. The monoisotopic (exact) mass is 466 g/mol. The summed E-state index contributed by atoms with van der Waals surface area (Å²) in [5.41, 5.74) is 8.18. The van der Waals surface area contributed by atoms with E-state index in [1.807, 2.05) is 46.8 Å². The molecule has 4 heterocycles. The summed E-state index contributed by atoms with van der Waals surface area (Å²) < 4.78 is 41.0. The first-order chi connectivity index (χ1) is 15.8. The summed E-state index contributed by atoms with van der Waals surface area (Å²) in [6.45, 7) is 11.3. The van der Waals surface area contributed by atoms with Crippen molar-refractivity contribution < 1.29 is 23.0 Å². The highest BCUT2D eigenvalue weighted by Crippen LogP contribution is 2.49. The van der Waals surface area contributed by atoms with Crippen molar-refractivity contribution in [2.75, 3.05) is 0 Å². The van der Waals surface area contributed by atoms with Crippen LogP contribution in [0.15, 0.2) is 23.4 Å². The molecule has 1 atom stereocenters. The number of aromatic hydroxyl groups is 1. The Morgan fingerprint density at radius 1 is 1.09 bits per heavy atom.